The first-order valence-corrected chi connectivity index (χ1v) is 24.0. The average Bonchev–Trinajstić information content (AvgIpc) is 3.19. The van der Waals surface area contributed by atoms with Crippen molar-refractivity contribution in [3.05, 3.63) is 6.92 Å². The first-order valence-electron chi connectivity index (χ1n) is 20.0. The molecule has 0 heterocycles. The molecule has 0 spiro atoms. The predicted octanol–water partition coefficient (Wildman–Crippen LogP) is 2.12. The van der Waals surface area contributed by atoms with Crippen molar-refractivity contribution >= 4 is 82.6 Å². The smallest absolute Gasteiger partial charge is 0.471 e. The Hall–Kier alpha value is -3.76. The summed E-state index contributed by atoms with van der Waals surface area (Å²) < 4.78 is 20.3. The summed E-state index contributed by atoms with van der Waals surface area (Å²) in [6.07, 6.45) is 3.87. The Kier molecular flexibility index (Phi) is 31.7. The molecule has 2 radical (unpaired) electrons. The Bertz CT molecular complexity index is 1480. The number of ketones is 2. The molecule has 0 aromatic heterocycles. The van der Waals surface area contributed by atoms with Crippen LogP contribution in [0.25, 0.3) is 0 Å². The van der Waals surface area contributed by atoms with Crippen LogP contribution in [0.4, 0.5) is 4.79 Å². The van der Waals surface area contributed by atoms with Crippen LogP contribution < -0.4 is 32.3 Å². The van der Waals surface area contributed by atoms with Crippen molar-refractivity contribution in [3.8, 4) is 0 Å². The Balaban J connectivity index is 4.70. The molecular weight excluding hydrogens is 864 g/mol. The number of phosphoric acid groups is 1. The minimum Gasteiger partial charge on any atom is -0.481 e. The van der Waals surface area contributed by atoms with Crippen LogP contribution in [0.2, 0.25) is 0 Å². The molecule has 348 valence electrons. The van der Waals surface area contributed by atoms with Gasteiger partial charge in [-0.1, -0.05) is 47.8 Å². The molecule has 0 aliphatic heterocycles. The van der Waals surface area contributed by atoms with Gasteiger partial charge in [0.1, 0.15) is 11.8 Å². The third-order valence-electron chi connectivity index (χ3n) is 8.72. The highest BCUT2D eigenvalue weighted by Gasteiger charge is 2.32. The SMILES string of the molecule is [CH][C@H](CC(=O)CC)C(=O)N[C@@H](CCCNC(N)=O)C(=O)C[C@@H](CC(=O)O)C(=O)N[C@@H](CSSCCC(=O)NCCCCCC(=O)NCCCCCCOP(=O)(O)OC)C(=O)O. The highest BCUT2D eigenvalue weighted by molar-refractivity contribution is 8.76. The van der Waals surface area contributed by atoms with Crippen molar-refractivity contribution in [2.24, 2.45) is 17.6 Å². The number of carboxylic acids is 2. The van der Waals surface area contributed by atoms with E-state index in [9.17, 15) is 57.9 Å². The normalized spacial score (nSPS) is 14.0. The molecule has 0 saturated heterocycles. The van der Waals surface area contributed by atoms with Crippen molar-refractivity contribution < 1.29 is 71.9 Å². The number of hydrogen-bond acceptors (Lipinski definition) is 14. The van der Waals surface area contributed by atoms with Gasteiger partial charge in [-0.25, -0.2) is 14.2 Å². The van der Waals surface area contributed by atoms with Crippen LogP contribution in [0.1, 0.15) is 103 Å². The number of carbonyl (C=O) groups excluding carboxylic acids is 7. The van der Waals surface area contributed by atoms with Crippen LogP contribution in [0.5, 0.6) is 0 Å². The number of nitrogens with two attached hydrogens (primary N) is 1. The lowest BCUT2D eigenvalue weighted by Crippen LogP contribution is -2.48. The van der Waals surface area contributed by atoms with E-state index in [0.717, 1.165) is 43.6 Å². The number of rotatable bonds is 38. The van der Waals surface area contributed by atoms with E-state index in [0.29, 0.717) is 44.5 Å². The second kappa shape index (κ2) is 33.8. The van der Waals surface area contributed by atoms with E-state index < -0.39 is 80.2 Å². The first-order chi connectivity index (χ1) is 28.8. The van der Waals surface area contributed by atoms with E-state index in [-0.39, 0.29) is 68.6 Å². The molecule has 0 saturated carbocycles. The number of phosphoric ester groups is 1. The minimum atomic E-state index is -3.95. The lowest BCUT2D eigenvalue weighted by Gasteiger charge is -2.23. The van der Waals surface area contributed by atoms with Crippen LogP contribution in [0.3, 0.4) is 0 Å². The molecular formula is C37H63N6O15PS2. The lowest BCUT2D eigenvalue weighted by atomic mass is 9.92. The maximum absolute atomic E-state index is 13.4. The number of nitrogens with one attached hydrogen (secondary N) is 5. The van der Waals surface area contributed by atoms with Gasteiger partial charge in [-0.3, -0.25) is 42.6 Å². The highest BCUT2D eigenvalue weighted by Crippen LogP contribution is 2.41. The van der Waals surface area contributed by atoms with Gasteiger partial charge in [-0.2, -0.15) is 0 Å². The van der Waals surface area contributed by atoms with Gasteiger partial charge in [0.25, 0.3) is 0 Å². The van der Waals surface area contributed by atoms with E-state index in [1.54, 1.807) is 6.92 Å². The maximum atomic E-state index is 13.4. The topological polar surface area (TPSA) is 336 Å². The molecule has 6 amide bonds. The number of Topliss-reactive ketones (excluding diaryl/α,β-unsaturated/α-hetero) is 2. The van der Waals surface area contributed by atoms with E-state index in [1.807, 2.05) is 0 Å². The molecule has 0 bridgehead atoms. The van der Waals surface area contributed by atoms with Crippen LogP contribution in [0, 0.1) is 18.8 Å². The summed E-state index contributed by atoms with van der Waals surface area (Å²) in [6.45, 7) is 8.49. The molecule has 5 atom stereocenters. The van der Waals surface area contributed by atoms with Crippen molar-refractivity contribution in [2.75, 3.05) is 44.9 Å². The molecule has 21 nitrogen and oxygen atoms in total. The van der Waals surface area contributed by atoms with Crippen LogP contribution in [0.15, 0.2) is 0 Å². The summed E-state index contributed by atoms with van der Waals surface area (Å²) in [5.74, 6) is -8.68. The molecule has 0 rings (SSSR count). The summed E-state index contributed by atoms with van der Waals surface area (Å²) in [7, 11) is -0.596. The Labute approximate surface area is 364 Å². The molecule has 0 aliphatic rings. The van der Waals surface area contributed by atoms with Gasteiger partial charge in [0.05, 0.1) is 25.0 Å². The molecule has 0 aromatic carbocycles. The van der Waals surface area contributed by atoms with Crippen molar-refractivity contribution in [3.63, 3.8) is 0 Å². The van der Waals surface area contributed by atoms with E-state index in [4.69, 9.17) is 22.1 Å². The quantitative estimate of drug-likeness (QED) is 0.0243. The zero-order valence-corrected chi connectivity index (χ0v) is 37.3. The van der Waals surface area contributed by atoms with Gasteiger partial charge in [0.2, 0.25) is 23.6 Å². The standard InChI is InChI=1S/C37H63N6O15PS2/c1-4-27(44)21-25(2)34(50)42-28(13-12-18-41-37(38)54)30(45)22-26(23-33(48)49)35(51)43-29(36(52)53)24-61-60-20-15-32(47)40-17-10-7-8-14-31(46)39-16-9-5-6-11-19-58-59(55,56)57-3/h2,25-26,28-29H,4-24H2,1,3H3,(H,39,46)(H,40,47)(H,42,50)(H,43,51)(H,48,49)(H,52,53)(H,55,56)(H3,38,41,54)/t25-,26+,28+,29+/m1/s1. The Morgan fingerprint density at radius 1 is 0.738 bits per heavy atom. The minimum absolute atomic E-state index is 0.0262. The predicted molar refractivity (Wildman–Crippen MR) is 227 cm³/mol. The molecule has 0 aliphatic carbocycles. The number of primary amides is 1. The molecule has 1 unspecified atom stereocenters. The summed E-state index contributed by atoms with van der Waals surface area (Å²) in [5, 5.41) is 31.9. The Morgan fingerprint density at radius 2 is 1.33 bits per heavy atom. The fraction of sp³-hybridized carbons (Fsp3) is 0.730. The van der Waals surface area contributed by atoms with E-state index in [1.165, 1.54) is 10.8 Å². The number of carbonyl (C=O) groups is 9. The molecule has 0 fully saturated rings. The monoisotopic (exact) mass is 926 g/mol. The second-order valence-electron chi connectivity index (χ2n) is 13.8. The van der Waals surface area contributed by atoms with Gasteiger partial charge >= 0.3 is 25.8 Å². The molecule has 61 heavy (non-hydrogen) atoms. The molecule has 10 N–H and O–H groups in total. The van der Waals surface area contributed by atoms with Crippen LogP contribution >= 0.6 is 29.4 Å². The van der Waals surface area contributed by atoms with Gasteiger partial charge in [-0.15, -0.1) is 0 Å². The van der Waals surface area contributed by atoms with Crippen molar-refractivity contribution in [1.82, 2.24) is 26.6 Å². The second-order valence-corrected chi connectivity index (χ2v) is 18.0. The zero-order valence-electron chi connectivity index (χ0n) is 34.8. The third-order valence-corrected chi connectivity index (χ3v) is 12.1. The van der Waals surface area contributed by atoms with Crippen molar-refractivity contribution in [2.45, 2.75) is 115 Å². The summed E-state index contributed by atoms with van der Waals surface area (Å²) in [4.78, 5) is 119. The maximum Gasteiger partial charge on any atom is 0.471 e. The van der Waals surface area contributed by atoms with E-state index >= 15 is 0 Å². The lowest BCUT2D eigenvalue weighted by molar-refractivity contribution is -0.144. The largest absolute Gasteiger partial charge is 0.481 e. The van der Waals surface area contributed by atoms with E-state index in [2.05, 4.69) is 31.1 Å². The van der Waals surface area contributed by atoms with Crippen molar-refractivity contribution in [1.29, 1.82) is 0 Å². The van der Waals surface area contributed by atoms with Gasteiger partial charge in [-0.05, 0) is 45.4 Å². The number of urea groups is 1. The summed E-state index contributed by atoms with van der Waals surface area (Å²) in [5.41, 5.74) is 5.06. The fourth-order valence-corrected chi connectivity index (χ4v) is 7.86. The average molecular weight is 927 g/mol. The van der Waals surface area contributed by atoms with Gasteiger partial charge in [0.15, 0.2) is 5.78 Å². The number of hydrogen-bond donors (Lipinski definition) is 9. The highest BCUT2D eigenvalue weighted by atomic mass is 33.1. The van der Waals surface area contributed by atoms with Crippen LogP contribution in [-0.4, -0.2) is 125 Å². The van der Waals surface area contributed by atoms with Crippen LogP contribution in [-0.2, 0) is 52.0 Å². The zero-order chi connectivity index (χ0) is 46.2. The number of amides is 6. The molecule has 0 aromatic rings. The first kappa shape index (κ1) is 57.2. The van der Waals surface area contributed by atoms with Gasteiger partial charge in [0, 0.05) is 76.3 Å². The fourth-order valence-electron chi connectivity index (χ4n) is 5.25. The number of aliphatic carboxylic acids is 2. The number of carboxylic acid groups (broad SMARTS) is 2. The summed E-state index contributed by atoms with van der Waals surface area (Å²) >= 11 is 0. The third kappa shape index (κ3) is 30.8. The summed E-state index contributed by atoms with van der Waals surface area (Å²) in [6, 6.07) is -3.58. The van der Waals surface area contributed by atoms with Gasteiger partial charge < -0.3 is 47.4 Å². The molecule has 24 heteroatoms. The number of unbranched alkanes of at least 4 members (excludes halogenated alkanes) is 5. The Morgan fingerprint density at radius 3 is 1.92 bits per heavy atom.